The van der Waals surface area contributed by atoms with Crippen molar-refractivity contribution in [1.29, 1.82) is 0 Å². The first-order valence-electron chi connectivity index (χ1n) is 9.85. The van der Waals surface area contributed by atoms with E-state index in [1.807, 2.05) is 43.3 Å². The van der Waals surface area contributed by atoms with E-state index < -0.39 is 5.97 Å². The molecule has 5 nitrogen and oxygen atoms in total. The number of rotatable bonds is 5. The SMILES string of the molecule is COc1cccc2c1CC(C(=O)Nc1csc(-c3ccc(C)cc3)c1C(=O)O)CC2. The molecule has 6 heteroatoms. The predicted octanol–water partition coefficient (Wildman–Crippen LogP) is 5.17. The second-order valence-electron chi connectivity index (χ2n) is 7.55. The van der Waals surface area contributed by atoms with Gasteiger partial charge in [0.05, 0.1) is 17.7 Å². The zero-order valence-electron chi connectivity index (χ0n) is 16.9. The monoisotopic (exact) mass is 421 g/mol. The number of aryl methyl sites for hydroxylation is 2. The number of carboxylic acid groups (broad SMARTS) is 1. The molecule has 1 unspecified atom stereocenters. The third-order valence-electron chi connectivity index (χ3n) is 5.61. The van der Waals surface area contributed by atoms with Gasteiger partial charge in [-0.15, -0.1) is 11.3 Å². The van der Waals surface area contributed by atoms with E-state index in [-0.39, 0.29) is 17.4 Å². The number of methoxy groups -OCH3 is 1. The number of aromatic carboxylic acids is 1. The van der Waals surface area contributed by atoms with Gasteiger partial charge in [-0.2, -0.15) is 0 Å². The summed E-state index contributed by atoms with van der Waals surface area (Å²) in [7, 11) is 1.64. The minimum Gasteiger partial charge on any atom is -0.496 e. The molecule has 0 fully saturated rings. The highest BCUT2D eigenvalue weighted by Gasteiger charge is 2.28. The number of carboxylic acids is 1. The summed E-state index contributed by atoms with van der Waals surface area (Å²) < 4.78 is 5.46. The van der Waals surface area contributed by atoms with E-state index in [9.17, 15) is 14.7 Å². The lowest BCUT2D eigenvalue weighted by molar-refractivity contribution is -0.120. The summed E-state index contributed by atoms with van der Waals surface area (Å²) >= 11 is 1.33. The summed E-state index contributed by atoms with van der Waals surface area (Å²) in [6, 6.07) is 13.7. The second kappa shape index (κ2) is 8.32. The largest absolute Gasteiger partial charge is 0.496 e. The van der Waals surface area contributed by atoms with Crippen molar-refractivity contribution in [2.75, 3.05) is 12.4 Å². The maximum Gasteiger partial charge on any atom is 0.339 e. The van der Waals surface area contributed by atoms with Gasteiger partial charge >= 0.3 is 5.97 Å². The number of benzene rings is 2. The molecule has 1 aliphatic rings. The minimum absolute atomic E-state index is 0.144. The molecule has 4 rings (SSSR count). The Morgan fingerprint density at radius 1 is 1.17 bits per heavy atom. The van der Waals surface area contributed by atoms with Crippen molar-refractivity contribution in [3.05, 3.63) is 70.1 Å². The van der Waals surface area contributed by atoms with Crippen LogP contribution >= 0.6 is 11.3 Å². The van der Waals surface area contributed by atoms with E-state index in [1.165, 1.54) is 16.9 Å². The van der Waals surface area contributed by atoms with Crippen LogP contribution in [-0.2, 0) is 17.6 Å². The molecule has 1 aromatic heterocycles. The molecule has 3 aromatic rings. The third kappa shape index (κ3) is 3.83. The number of amides is 1. The first-order chi connectivity index (χ1) is 14.5. The number of nitrogens with one attached hydrogen (secondary N) is 1. The molecule has 0 radical (unpaired) electrons. The summed E-state index contributed by atoms with van der Waals surface area (Å²) in [6.45, 7) is 1.99. The zero-order chi connectivity index (χ0) is 21.3. The number of thiophene rings is 1. The molecule has 1 heterocycles. The average Bonchev–Trinajstić information content (AvgIpc) is 3.17. The maximum absolute atomic E-state index is 13.0. The van der Waals surface area contributed by atoms with E-state index in [0.717, 1.165) is 35.3 Å². The molecule has 0 saturated carbocycles. The molecule has 154 valence electrons. The Bertz CT molecular complexity index is 1090. The Morgan fingerprint density at radius 3 is 2.63 bits per heavy atom. The third-order valence-corrected chi connectivity index (χ3v) is 6.64. The molecule has 1 aliphatic carbocycles. The highest BCUT2D eigenvalue weighted by Crippen LogP contribution is 2.37. The van der Waals surface area contributed by atoms with E-state index in [1.54, 1.807) is 12.5 Å². The molecule has 0 spiro atoms. The number of hydrogen-bond donors (Lipinski definition) is 2. The number of fused-ring (bicyclic) bond motifs is 1. The molecule has 0 saturated heterocycles. The number of carbonyl (C=O) groups is 2. The van der Waals surface area contributed by atoms with Gasteiger partial charge in [0, 0.05) is 11.3 Å². The van der Waals surface area contributed by atoms with Crippen LogP contribution in [0.4, 0.5) is 5.69 Å². The molecule has 1 amide bonds. The van der Waals surface area contributed by atoms with Crippen molar-refractivity contribution < 1.29 is 19.4 Å². The zero-order valence-corrected chi connectivity index (χ0v) is 17.7. The van der Waals surface area contributed by atoms with Crippen molar-refractivity contribution in [2.24, 2.45) is 5.92 Å². The average molecular weight is 422 g/mol. The van der Waals surface area contributed by atoms with Crippen molar-refractivity contribution in [2.45, 2.75) is 26.2 Å². The Hall–Kier alpha value is -3.12. The van der Waals surface area contributed by atoms with E-state index >= 15 is 0 Å². The second-order valence-corrected chi connectivity index (χ2v) is 8.43. The minimum atomic E-state index is -1.04. The van der Waals surface area contributed by atoms with Crippen LogP contribution in [0.5, 0.6) is 5.75 Å². The van der Waals surface area contributed by atoms with Crippen LogP contribution in [0.3, 0.4) is 0 Å². The van der Waals surface area contributed by atoms with Gasteiger partial charge in [0.2, 0.25) is 5.91 Å². The van der Waals surface area contributed by atoms with Crippen LogP contribution in [-0.4, -0.2) is 24.1 Å². The van der Waals surface area contributed by atoms with Crippen molar-refractivity contribution in [3.8, 4) is 16.2 Å². The number of carbonyl (C=O) groups excluding carboxylic acids is 1. The van der Waals surface area contributed by atoms with Gasteiger partial charge in [-0.1, -0.05) is 42.0 Å². The highest BCUT2D eigenvalue weighted by molar-refractivity contribution is 7.14. The molecule has 2 N–H and O–H groups in total. The molecule has 0 bridgehead atoms. The molecule has 1 atom stereocenters. The Kier molecular flexibility index (Phi) is 5.59. The fourth-order valence-corrected chi connectivity index (χ4v) is 4.98. The highest BCUT2D eigenvalue weighted by atomic mass is 32.1. The lowest BCUT2D eigenvalue weighted by Gasteiger charge is -2.25. The molecular weight excluding hydrogens is 398 g/mol. The molecule has 2 aromatic carbocycles. The number of anilines is 1. The Morgan fingerprint density at radius 2 is 1.93 bits per heavy atom. The number of ether oxygens (including phenoxy) is 1. The van der Waals surface area contributed by atoms with Crippen LogP contribution in [0.25, 0.3) is 10.4 Å². The fourth-order valence-electron chi connectivity index (χ4n) is 3.98. The topological polar surface area (TPSA) is 75.6 Å². The van der Waals surface area contributed by atoms with Crippen LogP contribution in [0.15, 0.2) is 47.8 Å². The van der Waals surface area contributed by atoms with Crippen LogP contribution in [0, 0.1) is 12.8 Å². The van der Waals surface area contributed by atoms with Gasteiger partial charge in [0.25, 0.3) is 0 Å². The van der Waals surface area contributed by atoms with Gasteiger partial charge in [-0.25, -0.2) is 4.79 Å². The summed E-state index contributed by atoms with van der Waals surface area (Å²) in [5.41, 5.74) is 4.72. The van der Waals surface area contributed by atoms with Crippen LogP contribution < -0.4 is 10.1 Å². The molecule has 30 heavy (non-hydrogen) atoms. The Balaban J connectivity index is 1.58. The summed E-state index contributed by atoms with van der Waals surface area (Å²) in [4.78, 5) is 25.6. The van der Waals surface area contributed by atoms with Gasteiger partial charge in [0.1, 0.15) is 11.3 Å². The Labute approximate surface area is 179 Å². The summed E-state index contributed by atoms with van der Waals surface area (Å²) in [5, 5.41) is 14.4. The predicted molar refractivity (Wildman–Crippen MR) is 119 cm³/mol. The lowest BCUT2D eigenvalue weighted by atomic mass is 9.83. The van der Waals surface area contributed by atoms with Crippen molar-refractivity contribution in [1.82, 2.24) is 0 Å². The van der Waals surface area contributed by atoms with Gasteiger partial charge in [-0.05, 0) is 48.9 Å². The van der Waals surface area contributed by atoms with Crippen LogP contribution in [0.1, 0.15) is 33.5 Å². The van der Waals surface area contributed by atoms with Crippen molar-refractivity contribution >= 4 is 28.9 Å². The van der Waals surface area contributed by atoms with Gasteiger partial charge in [-0.3, -0.25) is 4.79 Å². The standard InChI is InChI=1S/C24H23NO4S/c1-14-6-8-16(9-7-14)22-21(24(27)28)19(13-30-22)25-23(26)17-11-10-15-4-3-5-20(29-2)18(15)12-17/h3-9,13,17H,10-12H2,1-2H3,(H,25,26)(H,27,28). The fraction of sp³-hybridized carbons (Fsp3) is 0.250. The van der Waals surface area contributed by atoms with E-state index in [2.05, 4.69) is 11.4 Å². The van der Waals surface area contributed by atoms with Gasteiger partial charge in [0.15, 0.2) is 0 Å². The lowest BCUT2D eigenvalue weighted by Crippen LogP contribution is -2.28. The number of hydrogen-bond acceptors (Lipinski definition) is 4. The normalized spacial score (nSPS) is 15.3. The maximum atomic E-state index is 13.0. The first kappa shape index (κ1) is 20.2. The summed E-state index contributed by atoms with van der Waals surface area (Å²) in [5.74, 6) is -0.619. The first-order valence-corrected chi connectivity index (χ1v) is 10.7. The van der Waals surface area contributed by atoms with Crippen LogP contribution in [0.2, 0.25) is 0 Å². The molecule has 0 aliphatic heterocycles. The summed E-state index contributed by atoms with van der Waals surface area (Å²) in [6.07, 6.45) is 2.11. The van der Waals surface area contributed by atoms with Crippen molar-refractivity contribution in [3.63, 3.8) is 0 Å². The molecular formula is C24H23NO4S. The van der Waals surface area contributed by atoms with E-state index in [0.29, 0.717) is 17.0 Å². The quantitative estimate of drug-likeness (QED) is 0.596. The van der Waals surface area contributed by atoms with Gasteiger partial charge < -0.3 is 15.2 Å². The smallest absolute Gasteiger partial charge is 0.339 e. The van der Waals surface area contributed by atoms with E-state index in [4.69, 9.17) is 4.74 Å².